The minimum Gasteiger partial charge on any atom is -0.462 e. The predicted octanol–water partition coefficient (Wildman–Crippen LogP) is 16.9. The van der Waals surface area contributed by atoms with Crippen molar-refractivity contribution in [3.05, 3.63) is 36.5 Å². The Hall–Kier alpha value is -2.37. The van der Waals surface area contributed by atoms with Crippen molar-refractivity contribution in [2.45, 2.75) is 277 Å². The molecule has 0 aromatic rings. The Morgan fingerprint density at radius 3 is 1.00 bits per heavy atom. The van der Waals surface area contributed by atoms with E-state index in [0.29, 0.717) is 19.3 Å². The van der Waals surface area contributed by atoms with E-state index in [4.69, 9.17) is 14.2 Å². The molecule has 0 radical (unpaired) electrons. The number of esters is 3. The van der Waals surface area contributed by atoms with Gasteiger partial charge in [0.2, 0.25) is 0 Å². The highest BCUT2D eigenvalue weighted by molar-refractivity contribution is 5.71. The van der Waals surface area contributed by atoms with Crippen molar-refractivity contribution in [1.82, 2.24) is 0 Å². The first-order valence-corrected chi connectivity index (χ1v) is 26.0. The summed E-state index contributed by atoms with van der Waals surface area (Å²) in [5.74, 6) is -0.891. The van der Waals surface area contributed by atoms with Crippen molar-refractivity contribution in [2.24, 2.45) is 0 Å². The van der Waals surface area contributed by atoms with Gasteiger partial charge in [0.05, 0.1) is 0 Å². The first kappa shape index (κ1) is 57.6. The van der Waals surface area contributed by atoms with Crippen LogP contribution in [0.4, 0.5) is 0 Å². The molecule has 0 aromatic heterocycles. The fraction of sp³-hybridized carbons (Fsp3) is 0.833. The molecule has 6 heteroatoms. The summed E-state index contributed by atoms with van der Waals surface area (Å²) >= 11 is 0. The maximum Gasteiger partial charge on any atom is 0.306 e. The number of allylic oxidation sites excluding steroid dienone is 6. The van der Waals surface area contributed by atoms with Crippen LogP contribution >= 0.6 is 0 Å². The van der Waals surface area contributed by atoms with Gasteiger partial charge in [0.1, 0.15) is 13.2 Å². The topological polar surface area (TPSA) is 78.9 Å². The molecule has 0 aliphatic rings. The van der Waals surface area contributed by atoms with E-state index < -0.39 is 6.10 Å². The highest BCUT2D eigenvalue weighted by Crippen LogP contribution is 2.15. The number of carbonyl (C=O) groups is 3. The van der Waals surface area contributed by atoms with Gasteiger partial charge < -0.3 is 14.2 Å². The van der Waals surface area contributed by atoms with E-state index in [0.717, 1.165) is 89.9 Å². The summed E-state index contributed by atoms with van der Waals surface area (Å²) in [7, 11) is 0. The molecule has 60 heavy (non-hydrogen) atoms. The number of rotatable bonds is 47. The molecule has 0 amide bonds. The maximum absolute atomic E-state index is 12.8. The molecule has 0 heterocycles. The Bertz CT molecular complexity index is 1020. The smallest absolute Gasteiger partial charge is 0.306 e. The van der Waals surface area contributed by atoms with E-state index in [9.17, 15) is 14.4 Å². The van der Waals surface area contributed by atoms with Crippen LogP contribution in [0.3, 0.4) is 0 Å². The van der Waals surface area contributed by atoms with Crippen LogP contribution in [0.15, 0.2) is 36.5 Å². The molecular weight excluding hydrogens is 745 g/mol. The average molecular weight is 843 g/mol. The molecule has 0 aromatic carbocycles. The highest BCUT2D eigenvalue weighted by atomic mass is 16.6. The first-order chi connectivity index (χ1) is 29.5. The summed E-state index contributed by atoms with van der Waals surface area (Å²) in [4.78, 5) is 37.9. The zero-order chi connectivity index (χ0) is 43.7. The van der Waals surface area contributed by atoms with E-state index in [1.165, 1.54) is 141 Å². The Morgan fingerprint density at radius 2 is 0.617 bits per heavy atom. The average Bonchev–Trinajstić information content (AvgIpc) is 3.24. The van der Waals surface area contributed by atoms with Crippen molar-refractivity contribution in [3.63, 3.8) is 0 Å². The van der Waals surface area contributed by atoms with Crippen molar-refractivity contribution in [1.29, 1.82) is 0 Å². The molecule has 0 rings (SSSR count). The van der Waals surface area contributed by atoms with Crippen LogP contribution in [0.1, 0.15) is 271 Å². The van der Waals surface area contributed by atoms with Gasteiger partial charge in [-0.25, -0.2) is 0 Å². The molecule has 0 N–H and O–H groups in total. The van der Waals surface area contributed by atoms with Crippen molar-refractivity contribution in [3.8, 4) is 0 Å². The van der Waals surface area contributed by atoms with Crippen molar-refractivity contribution >= 4 is 17.9 Å². The molecule has 0 spiro atoms. The van der Waals surface area contributed by atoms with Gasteiger partial charge in [-0.1, -0.05) is 218 Å². The van der Waals surface area contributed by atoms with Crippen LogP contribution < -0.4 is 0 Å². The molecule has 350 valence electrons. The summed E-state index contributed by atoms with van der Waals surface area (Å²) in [6.07, 6.45) is 56.9. The van der Waals surface area contributed by atoms with Crippen molar-refractivity contribution < 1.29 is 28.6 Å². The van der Waals surface area contributed by atoms with Crippen molar-refractivity contribution in [2.75, 3.05) is 13.2 Å². The van der Waals surface area contributed by atoms with Crippen LogP contribution in [-0.2, 0) is 28.6 Å². The number of carbonyl (C=O) groups excluding carboxylic acids is 3. The van der Waals surface area contributed by atoms with E-state index >= 15 is 0 Å². The molecule has 6 nitrogen and oxygen atoms in total. The third kappa shape index (κ3) is 46.7. The second-order valence-corrected chi connectivity index (χ2v) is 17.4. The third-order valence-corrected chi connectivity index (χ3v) is 11.4. The lowest BCUT2D eigenvalue weighted by atomic mass is 10.0. The number of ether oxygens (including phenoxy) is 3. The van der Waals surface area contributed by atoms with Gasteiger partial charge in [0.25, 0.3) is 0 Å². The normalized spacial score (nSPS) is 12.2. The van der Waals surface area contributed by atoms with Gasteiger partial charge in [0, 0.05) is 19.3 Å². The molecule has 0 saturated heterocycles. The lowest BCUT2D eigenvalue weighted by molar-refractivity contribution is -0.167. The molecule has 0 saturated carbocycles. The SMILES string of the molecule is CCCC/C=C\C/C=C\CCCCCCCC(=O)O[C@H](COC(=O)CCCCCCC/C=C\CCCCCC)COC(=O)CCCCCCCCCCCCCCCCC. The monoisotopic (exact) mass is 843 g/mol. The predicted molar refractivity (Wildman–Crippen MR) is 256 cm³/mol. The largest absolute Gasteiger partial charge is 0.462 e. The highest BCUT2D eigenvalue weighted by Gasteiger charge is 2.19. The lowest BCUT2D eigenvalue weighted by Gasteiger charge is -2.18. The third-order valence-electron chi connectivity index (χ3n) is 11.4. The van der Waals surface area contributed by atoms with E-state index in [1.807, 2.05) is 0 Å². The summed E-state index contributed by atoms with van der Waals surface area (Å²) in [6, 6.07) is 0. The summed E-state index contributed by atoms with van der Waals surface area (Å²) in [5, 5.41) is 0. The summed E-state index contributed by atoms with van der Waals surface area (Å²) in [5.41, 5.74) is 0. The molecule has 0 aliphatic heterocycles. The fourth-order valence-electron chi connectivity index (χ4n) is 7.39. The summed E-state index contributed by atoms with van der Waals surface area (Å²) < 4.78 is 16.8. The van der Waals surface area contributed by atoms with Crippen LogP contribution in [0.2, 0.25) is 0 Å². The molecular formula is C54H98O6. The van der Waals surface area contributed by atoms with E-state index in [1.54, 1.807) is 0 Å². The molecule has 0 aliphatic carbocycles. The van der Waals surface area contributed by atoms with Gasteiger partial charge in [-0.05, 0) is 70.6 Å². The quantitative estimate of drug-likeness (QED) is 0.0263. The van der Waals surface area contributed by atoms with Crippen LogP contribution in [0, 0.1) is 0 Å². The Kier molecular flexibility index (Phi) is 47.3. The summed E-state index contributed by atoms with van der Waals surface area (Å²) in [6.45, 7) is 6.58. The van der Waals surface area contributed by atoms with E-state index in [-0.39, 0.29) is 31.1 Å². The van der Waals surface area contributed by atoms with Gasteiger partial charge in [-0.2, -0.15) is 0 Å². The maximum atomic E-state index is 12.8. The molecule has 0 unspecified atom stereocenters. The second-order valence-electron chi connectivity index (χ2n) is 17.4. The fourth-order valence-corrected chi connectivity index (χ4v) is 7.39. The number of hydrogen-bond donors (Lipinski definition) is 0. The van der Waals surface area contributed by atoms with Gasteiger partial charge in [-0.15, -0.1) is 0 Å². The second kappa shape index (κ2) is 49.3. The minimum atomic E-state index is -0.778. The van der Waals surface area contributed by atoms with Gasteiger partial charge in [-0.3, -0.25) is 14.4 Å². The lowest BCUT2D eigenvalue weighted by Crippen LogP contribution is -2.30. The number of unbranched alkanes of at least 4 members (excludes halogenated alkanes) is 30. The molecule has 0 bridgehead atoms. The molecule has 0 fully saturated rings. The van der Waals surface area contributed by atoms with Crippen LogP contribution in [-0.4, -0.2) is 37.2 Å². The minimum absolute atomic E-state index is 0.0776. The zero-order valence-electron chi connectivity index (χ0n) is 40.0. The first-order valence-electron chi connectivity index (χ1n) is 26.0. The number of hydrogen-bond acceptors (Lipinski definition) is 6. The Labute approximate surface area is 372 Å². The van der Waals surface area contributed by atoms with Crippen LogP contribution in [0.5, 0.6) is 0 Å². The van der Waals surface area contributed by atoms with Gasteiger partial charge >= 0.3 is 17.9 Å². The zero-order valence-corrected chi connectivity index (χ0v) is 40.0. The van der Waals surface area contributed by atoms with Gasteiger partial charge in [0.15, 0.2) is 6.10 Å². The Balaban J connectivity index is 4.38. The molecule has 1 atom stereocenters. The van der Waals surface area contributed by atoms with Crippen LogP contribution in [0.25, 0.3) is 0 Å². The Morgan fingerprint density at radius 1 is 0.333 bits per heavy atom. The standard InChI is InChI=1S/C54H98O6/c1-4-7-10-13-16-19-22-25-27-30-32-35-38-41-44-47-53(56)59-50-51(49-58-52(55)46-43-40-37-34-31-28-24-21-18-15-12-9-6-3)60-54(57)48-45-42-39-36-33-29-26-23-20-17-14-11-8-5-2/h14,17,21,23-24,26,51H,4-13,15-16,18-20,22,25,27-50H2,1-3H3/b17-14-,24-21-,26-23-/t51-/m1/s1. The van der Waals surface area contributed by atoms with E-state index in [2.05, 4.69) is 57.2 Å².